The van der Waals surface area contributed by atoms with Gasteiger partial charge in [0.2, 0.25) is 29.5 Å². The van der Waals surface area contributed by atoms with E-state index >= 15 is 0 Å². The van der Waals surface area contributed by atoms with Crippen molar-refractivity contribution in [1.82, 2.24) is 16.0 Å². The molecule has 0 aliphatic heterocycles. The summed E-state index contributed by atoms with van der Waals surface area (Å²) in [5.74, 6) is -5.64. The SMILES string of the molecule is NCCCCC(NC(=O)C(CS)NC(=O)C(CC(N)=O)NC(=O)C(N)CCC(N)=O)C(=O)O. The van der Waals surface area contributed by atoms with Crippen molar-refractivity contribution in [3.63, 3.8) is 0 Å². The first-order valence-electron chi connectivity index (χ1n) is 10.2. The maximum Gasteiger partial charge on any atom is 0.326 e. The van der Waals surface area contributed by atoms with Crippen molar-refractivity contribution in [2.75, 3.05) is 12.3 Å². The molecule has 0 spiro atoms. The van der Waals surface area contributed by atoms with E-state index < -0.39 is 66.1 Å². The number of carboxylic acid groups (broad SMARTS) is 1. The van der Waals surface area contributed by atoms with Crippen LogP contribution in [-0.4, -0.2) is 77.1 Å². The Kier molecular flexibility index (Phi) is 14.4. The molecule has 5 amide bonds. The monoisotopic (exact) mass is 491 g/mol. The van der Waals surface area contributed by atoms with Gasteiger partial charge in [0.05, 0.1) is 12.5 Å². The highest BCUT2D eigenvalue weighted by atomic mass is 32.1. The van der Waals surface area contributed by atoms with Crippen LogP contribution in [0, 0.1) is 0 Å². The van der Waals surface area contributed by atoms with Crippen molar-refractivity contribution in [2.24, 2.45) is 22.9 Å². The molecule has 0 heterocycles. The first kappa shape index (κ1) is 30.1. The van der Waals surface area contributed by atoms with Crippen LogP contribution in [0.25, 0.3) is 0 Å². The standard InChI is InChI=1S/C18H33N7O7S/c19-6-2-1-3-10(18(31)32)23-17(30)12(8-33)25-16(29)11(7-14(22)27)24-15(28)9(20)4-5-13(21)26/h9-12,33H,1-8,19-20H2,(H2,21,26)(H2,22,27)(H,23,30)(H,24,28)(H,25,29)(H,31,32). The van der Waals surface area contributed by atoms with Crippen LogP contribution in [0.15, 0.2) is 0 Å². The zero-order chi connectivity index (χ0) is 25.6. The normalized spacial score (nSPS) is 14.3. The summed E-state index contributed by atoms with van der Waals surface area (Å²) in [7, 11) is 0. The van der Waals surface area contributed by atoms with Gasteiger partial charge in [-0.15, -0.1) is 0 Å². The molecule has 0 fully saturated rings. The van der Waals surface area contributed by atoms with E-state index in [1.165, 1.54) is 0 Å². The van der Waals surface area contributed by atoms with Gasteiger partial charge in [-0.2, -0.15) is 12.6 Å². The summed E-state index contributed by atoms with van der Waals surface area (Å²) in [5, 5.41) is 16.1. The van der Waals surface area contributed by atoms with E-state index in [0.29, 0.717) is 19.4 Å². The predicted molar refractivity (Wildman–Crippen MR) is 120 cm³/mol. The predicted octanol–water partition coefficient (Wildman–Crippen LogP) is -3.95. The molecule has 0 aliphatic rings. The molecule has 188 valence electrons. The molecular weight excluding hydrogens is 458 g/mol. The molecule has 14 nitrogen and oxygen atoms in total. The van der Waals surface area contributed by atoms with Crippen molar-refractivity contribution < 1.29 is 33.9 Å². The second-order valence-electron chi connectivity index (χ2n) is 7.27. The third-order valence-electron chi connectivity index (χ3n) is 4.45. The van der Waals surface area contributed by atoms with E-state index in [4.69, 9.17) is 22.9 Å². The van der Waals surface area contributed by atoms with E-state index in [9.17, 15) is 33.9 Å². The number of carbonyl (C=O) groups excluding carboxylic acids is 5. The first-order chi connectivity index (χ1) is 15.4. The van der Waals surface area contributed by atoms with Gasteiger partial charge < -0.3 is 44.0 Å². The maximum absolute atomic E-state index is 12.6. The van der Waals surface area contributed by atoms with Crippen molar-refractivity contribution >= 4 is 48.1 Å². The average Bonchev–Trinajstić information content (AvgIpc) is 2.73. The van der Waals surface area contributed by atoms with Gasteiger partial charge in [-0.1, -0.05) is 0 Å². The van der Waals surface area contributed by atoms with E-state index in [1.807, 2.05) is 0 Å². The van der Waals surface area contributed by atoms with Gasteiger partial charge in [0, 0.05) is 12.2 Å². The molecule has 0 radical (unpaired) electrons. The number of hydrogen-bond donors (Lipinski definition) is 9. The zero-order valence-electron chi connectivity index (χ0n) is 18.1. The second kappa shape index (κ2) is 15.8. The van der Waals surface area contributed by atoms with Crippen LogP contribution in [0.3, 0.4) is 0 Å². The Balaban J connectivity index is 5.19. The summed E-state index contributed by atoms with van der Waals surface area (Å²) in [6.45, 7) is 0.370. The molecular formula is C18H33N7O7S. The number of amides is 5. The highest BCUT2D eigenvalue weighted by Crippen LogP contribution is 2.03. The lowest BCUT2D eigenvalue weighted by Crippen LogP contribution is -2.58. The Morgan fingerprint density at radius 3 is 1.82 bits per heavy atom. The first-order valence-corrected chi connectivity index (χ1v) is 10.8. The van der Waals surface area contributed by atoms with Gasteiger partial charge in [-0.05, 0) is 32.2 Å². The molecule has 0 aliphatic carbocycles. The van der Waals surface area contributed by atoms with E-state index in [1.54, 1.807) is 0 Å². The number of carboxylic acids is 1. The summed E-state index contributed by atoms with van der Waals surface area (Å²) in [4.78, 5) is 70.8. The van der Waals surface area contributed by atoms with Crippen molar-refractivity contribution in [1.29, 1.82) is 0 Å². The number of nitrogens with two attached hydrogens (primary N) is 4. The molecule has 0 saturated heterocycles. The fourth-order valence-corrected chi connectivity index (χ4v) is 2.86. The van der Waals surface area contributed by atoms with Gasteiger partial charge >= 0.3 is 5.97 Å². The highest BCUT2D eigenvalue weighted by Gasteiger charge is 2.30. The fraction of sp³-hybridized carbons (Fsp3) is 0.667. The van der Waals surface area contributed by atoms with Crippen LogP contribution >= 0.6 is 12.6 Å². The summed E-state index contributed by atoms with van der Waals surface area (Å²) in [5.41, 5.74) is 21.2. The third-order valence-corrected chi connectivity index (χ3v) is 4.82. The summed E-state index contributed by atoms with van der Waals surface area (Å²) in [6, 6.07) is -5.13. The summed E-state index contributed by atoms with van der Waals surface area (Å²) >= 11 is 3.99. The van der Waals surface area contributed by atoms with Crippen LogP contribution in [0.2, 0.25) is 0 Å². The Bertz CT molecular complexity index is 722. The number of unbranched alkanes of at least 4 members (excludes halogenated alkanes) is 1. The van der Waals surface area contributed by atoms with Crippen LogP contribution in [0.1, 0.15) is 38.5 Å². The van der Waals surface area contributed by atoms with Crippen molar-refractivity contribution in [3.8, 4) is 0 Å². The number of hydrogen-bond acceptors (Lipinski definition) is 9. The number of thiol groups is 1. The van der Waals surface area contributed by atoms with E-state index in [0.717, 1.165) is 0 Å². The largest absolute Gasteiger partial charge is 0.480 e. The van der Waals surface area contributed by atoms with E-state index in [-0.39, 0.29) is 25.0 Å². The molecule has 0 rings (SSSR count). The topological polar surface area (TPSA) is 263 Å². The quantitative estimate of drug-likeness (QED) is 0.0708. The minimum absolute atomic E-state index is 0.0888. The molecule has 12 N–H and O–H groups in total. The molecule has 0 aromatic carbocycles. The second-order valence-corrected chi connectivity index (χ2v) is 7.64. The van der Waals surface area contributed by atoms with Crippen molar-refractivity contribution in [3.05, 3.63) is 0 Å². The number of primary amides is 2. The fourth-order valence-electron chi connectivity index (χ4n) is 2.61. The average molecular weight is 492 g/mol. The van der Waals surface area contributed by atoms with Crippen LogP contribution in [0.4, 0.5) is 0 Å². The number of rotatable bonds is 17. The number of carbonyl (C=O) groups is 6. The Morgan fingerprint density at radius 1 is 0.788 bits per heavy atom. The minimum Gasteiger partial charge on any atom is -0.480 e. The number of aliphatic carboxylic acids is 1. The van der Waals surface area contributed by atoms with Crippen LogP contribution < -0.4 is 38.9 Å². The smallest absolute Gasteiger partial charge is 0.326 e. The maximum atomic E-state index is 12.6. The van der Waals surface area contributed by atoms with Gasteiger partial charge in [-0.25, -0.2) is 4.79 Å². The van der Waals surface area contributed by atoms with Crippen LogP contribution in [-0.2, 0) is 28.8 Å². The Hall–Kier alpha value is -2.91. The third kappa shape index (κ3) is 12.6. The molecule has 0 aromatic rings. The lowest BCUT2D eigenvalue weighted by molar-refractivity contribution is -0.142. The van der Waals surface area contributed by atoms with Gasteiger partial charge in [0.25, 0.3) is 0 Å². The van der Waals surface area contributed by atoms with Gasteiger partial charge in [0.15, 0.2) is 0 Å². The zero-order valence-corrected chi connectivity index (χ0v) is 19.0. The molecule has 0 bridgehead atoms. The van der Waals surface area contributed by atoms with Crippen molar-refractivity contribution in [2.45, 2.75) is 62.7 Å². The molecule has 0 aromatic heterocycles. The Labute approximate surface area is 196 Å². The lowest BCUT2D eigenvalue weighted by atomic mass is 10.1. The molecule has 4 unspecified atom stereocenters. The molecule has 33 heavy (non-hydrogen) atoms. The summed E-state index contributed by atoms with van der Waals surface area (Å²) < 4.78 is 0. The summed E-state index contributed by atoms with van der Waals surface area (Å²) in [6.07, 6.45) is 0.317. The highest BCUT2D eigenvalue weighted by molar-refractivity contribution is 7.80. The molecule has 15 heteroatoms. The van der Waals surface area contributed by atoms with Crippen LogP contribution in [0.5, 0.6) is 0 Å². The van der Waals surface area contributed by atoms with E-state index in [2.05, 4.69) is 28.6 Å². The number of nitrogens with one attached hydrogen (secondary N) is 3. The lowest BCUT2D eigenvalue weighted by Gasteiger charge is -2.24. The molecule has 0 saturated carbocycles. The van der Waals surface area contributed by atoms with Gasteiger partial charge in [-0.3, -0.25) is 24.0 Å². The minimum atomic E-state index is -1.47. The molecule has 4 atom stereocenters. The van der Waals surface area contributed by atoms with Gasteiger partial charge in [0.1, 0.15) is 18.1 Å². The Morgan fingerprint density at radius 2 is 1.33 bits per heavy atom.